The lowest BCUT2D eigenvalue weighted by atomic mass is 10.0. The fourth-order valence-corrected chi connectivity index (χ4v) is 2.40. The van der Waals surface area contributed by atoms with Gasteiger partial charge < -0.3 is 10.2 Å². The van der Waals surface area contributed by atoms with Gasteiger partial charge in [0.2, 0.25) is 0 Å². The molecular formula is C17H30N2. The summed E-state index contributed by atoms with van der Waals surface area (Å²) in [5.74, 6) is 0. The molecule has 0 saturated carbocycles. The minimum Gasteiger partial charge on any atom is -0.313 e. The zero-order valence-electron chi connectivity index (χ0n) is 13.3. The van der Waals surface area contributed by atoms with E-state index in [4.69, 9.17) is 0 Å². The van der Waals surface area contributed by atoms with Gasteiger partial charge in [-0.2, -0.15) is 0 Å². The summed E-state index contributed by atoms with van der Waals surface area (Å²) in [6, 6.07) is 4.62. The lowest BCUT2D eigenvalue weighted by Crippen LogP contribution is -2.27. The third-order valence-electron chi connectivity index (χ3n) is 3.99. The highest BCUT2D eigenvalue weighted by Gasteiger charge is 2.02. The lowest BCUT2D eigenvalue weighted by Gasteiger charge is -2.18. The Morgan fingerprint density at radius 3 is 2.21 bits per heavy atom. The van der Waals surface area contributed by atoms with Crippen LogP contribution in [0.4, 0.5) is 0 Å². The fourth-order valence-electron chi connectivity index (χ4n) is 2.40. The van der Waals surface area contributed by atoms with E-state index in [1.165, 1.54) is 35.2 Å². The number of hydrogen-bond acceptors (Lipinski definition) is 2. The topological polar surface area (TPSA) is 15.3 Å². The van der Waals surface area contributed by atoms with Gasteiger partial charge in [0.1, 0.15) is 0 Å². The van der Waals surface area contributed by atoms with Gasteiger partial charge in [0.15, 0.2) is 0 Å². The van der Waals surface area contributed by atoms with Gasteiger partial charge in [0, 0.05) is 6.54 Å². The van der Waals surface area contributed by atoms with Crippen LogP contribution in [0.2, 0.25) is 0 Å². The number of nitrogens with one attached hydrogen (secondary N) is 1. The standard InChI is InChI=1S/C17H30N2/c1-6-19(7-2)10-8-9-18-13-17-12-15(4)14(3)11-16(17)5/h11-12,18H,6-10,13H2,1-5H3. The molecule has 0 aliphatic carbocycles. The molecule has 1 rings (SSSR count). The molecule has 0 aliphatic heterocycles. The van der Waals surface area contributed by atoms with Crippen LogP contribution < -0.4 is 5.32 Å². The van der Waals surface area contributed by atoms with Crippen LogP contribution in [-0.2, 0) is 6.54 Å². The van der Waals surface area contributed by atoms with Gasteiger partial charge in [0.05, 0.1) is 0 Å². The monoisotopic (exact) mass is 262 g/mol. The molecule has 0 aliphatic rings. The molecule has 19 heavy (non-hydrogen) atoms. The highest BCUT2D eigenvalue weighted by Crippen LogP contribution is 2.14. The summed E-state index contributed by atoms with van der Waals surface area (Å²) < 4.78 is 0. The Hall–Kier alpha value is -0.860. The van der Waals surface area contributed by atoms with Crippen molar-refractivity contribution < 1.29 is 0 Å². The highest BCUT2D eigenvalue weighted by atomic mass is 15.1. The van der Waals surface area contributed by atoms with Crippen molar-refractivity contribution in [2.75, 3.05) is 26.2 Å². The highest BCUT2D eigenvalue weighted by molar-refractivity contribution is 5.36. The van der Waals surface area contributed by atoms with Gasteiger partial charge in [-0.3, -0.25) is 0 Å². The molecule has 0 aromatic heterocycles. The van der Waals surface area contributed by atoms with Crippen LogP contribution in [0, 0.1) is 20.8 Å². The third kappa shape index (κ3) is 5.33. The Morgan fingerprint density at radius 1 is 0.947 bits per heavy atom. The quantitative estimate of drug-likeness (QED) is 0.722. The van der Waals surface area contributed by atoms with E-state index in [9.17, 15) is 0 Å². The number of aryl methyl sites for hydroxylation is 3. The molecule has 2 nitrogen and oxygen atoms in total. The van der Waals surface area contributed by atoms with Gasteiger partial charge in [-0.05, 0) is 75.6 Å². The van der Waals surface area contributed by atoms with E-state index in [2.05, 4.69) is 57.0 Å². The third-order valence-corrected chi connectivity index (χ3v) is 3.99. The molecule has 0 heterocycles. The van der Waals surface area contributed by atoms with Crippen molar-refractivity contribution in [3.63, 3.8) is 0 Å². The summed E-state index contributed by atoms with van der Waals surface area (Å²) in [6.45, 7) is 16.7. The predicted molar refractivity (Wildman–Crippen MR) is 84.8 cm³/mol. The Bertz CT molecular complexity index is 381. The minimum atomic E-state index is 0.991. The molecule has 0 spiro atoms. The maximum Gasteiger partial charge on any atom is 0.0208 e. The van der Waals surface area contributed by atoms with E-state index in [0.717, 1.165) is 26.2 Å². The molecular weight excluding hydrogens is 232 g/mol. The molecule has 1 aromatic rings. The number of rotatable bonds is 8. The van der Waals surface area contributed by atoms with E-state index >= 15 is 0 Å². The fraction of sp³-hybridized carbons (Fsp3) is 0.647. The smallest absolute Gasteiger partial charge is 0.0208 e. The van der Waals surface area contributed by atoms with Crippen LogP contribution in [0.15, 0.2) is 12.1 Å². The molecule has 0 saturated heterocycles. The summed E-state index contributed by atoms with van der Waals surface area (Å²) in [5.41, 5.74) is 5.62. The molecule has 0 atom stereocenters. The number of nitrogens with zero attached hydrogens (tertiary/aromatic N) is 1. The van der Waals surface area contributed by atoms with E-state index in [1.54, 1.807) is 0 Å². The van der Waals surface area contributed by atoms with E-state index in [-0.39, 0.29) is 0 Å². The molecule has 0 unspecified atom stereocenters. The van der Waals surface area contributed by atoms with Gasteiger partial charge >= 0.3 is 0 Å². The van der Waals surface area contributed by atoms with Gasteiger partial charge in [0.25, 0.3) is 0 Å². The molecule has 1 aromatic carbocycles. The molecule has 1 N–H and O–H groups in total. The van der Waals surface area contributed by atoms with Crippen LogP contribution in [0.25, 0.3) is 0 Å². The van der Waals surface area contributed by atoms with Crippen molar-refractivity contribution in [1.29, 1.82) is 0 Å². The van der Waals surface area contributed by atoms with Crippen molar-refractivity contribution in [2.24, 2.45) is 0 Å². The van der Waals surface area contributed by atoms with Crippen molar-refractivity contribution in [3.05, 3.63) is 34.4 Å². The van der Waals surface area contributed by atoms with Crippen LogP contribution in [-0.4, -0.2) is 31.1 Å². The van der Waals surface area contributed by atoms with E-state index in [1.807, 2.05) is 0 Å². The molecule has 2 heteroatoms. The molecule has 0 bridgehead atoms. The first-order valence-electron chi connectivity index (χ1n) is 7.58. The summed E-state index contributed by atoms with van der Waals surface area (Å²) in [6.07, 6.45) is 1.23. The van der Waals surface area contributed by atoms with Crippen LogP contribution >= 0.6 is 0 Å². The Morgan fingerprint density at radius 2 is 1.58 bits per heavy atom. The van der Waals surface area contributed by atoms with Crippen molar-refractivity contribution in [1.82, 2.24) is 10.2 Å². The van der Waals surface area contributed by atoms with Gasteiger partial charge in [-0.15, -0.1) is 0 Å². The number of benzene rings is 1. The first kappa shape index (κ1) is 16.2. The molecule has 108 valence electrons. The largest absolute Gasteiger partial charge is 0.313 e. The molecule has 0 radical (unpaired) electrons. The second-order valence-corrected chi connectivity index (χ2v) is 5.42. The maximum atomic E-state index is 3.57. The second-order valence-electron chi connectivity index (χ2n) is 5.42. The Kier molecular flexibility index (Phi) is 7.11. The lowest BCUT2D eigenvalue weighted by molar-refractivity contribution is 0.298. The summed E-state index contributed by atoms with van der Waals surface area (Å²) >= 11 is 0. The first-order valence-corrected chi connectivity index (χ1v) is 7.58. The number of hydrogen-bond donors (Lipinski definition) is 1. The minimum absolute atomic E-state index is 0.991. The van der Waals surface area contributed by atoms with Gasteiger partial charge in [-0.25, -0.2) is 0 Å². The van der Waals surface area contributed by atoms with E-state index < -0.39 is 0 Å². The first-order chi connectivity index (χ1) is 9.08. The van der Waals surface area contributed by atoms with Gasteiger partial charge in [-0.1, -0.05) is 26.0 Å². The van der Waals surface area contributed by atoms with Crippen molar-refractivity contribution in [2.45, 2.75) is 47.6 Å². The zero-order valence-corrected chi connectivity index (χ0v) is 13.3. The Balaban J connectivity index is 2.32. The van der Waals surface area contributed by atoms with Crippen molar-refractivity contribution >= 4 is 0 Å². The van der Waals surface area contributed by atoms with Crippen molar-refractivity contribution in [3.8, 4) is 0 Å². The summed E-state index contributed by atoms with van der Waals surface area (Å²) in [5, 5.41) is 3.57. The average molecular weight is 262 g/mol. The molecule has 0 fully saturated rings. The SMILES string of the molecule is CCN(CC)CCCNCc1cc(C)c(C)cc1C. The van der Waals surface area contributed by atoms with Crippen LogP contribution in [0.1, 0.15) is 42.5 Å². The normalized spacial score (nSPS) is 11.3. The Labute approximate surface area is 119 Å². The average Bonchev–Trinajstić information content (AvgIpc) is 2.39. The molecule has 0 amide bonds. The predicted octanol–water partition coefficient (Wildman–Crippen LogP) is 3.43. The van der Waals surface area contributed by atoms with Crippen LogP contribution in [0.3, 0.4) is 0 Å². The van der Waals surface area contributed by atoms with E-state index in [0.29, 0.717) is 0 Å². The second kappa shape index (κ2) is 8.34. The maximum absolute atomic E-state index is 3.57. The van der Waals surface area contributed by atoms with Crippen LogP contribution in [0.5, 0.6) is 0 Å². The zero-order chi connectivity index (χ0) is 14.3. The summed E-state index contributed by atoms with van der Waals surface area (Å²) in [7, 11) is 0. The summed E-state index contributed by atoms with van der Waals surface area (Å²) in [4.78, 5) is 2.48.